The molecule has 0 saturated carbocycles. The summed E-state index contributed by atoms with van der Waals surface area (Å²) in [5.41, 5.74) is 1.16. The summed E-state index contributed by atoms with van der Waals surface area (Å²) in [5, 5.41) is 8.12. The molecule has 0 bridgehead atoms. The van der Waals surface area contributed by atoms with Gasteiger partial charge in [0.25, 0.3) is 0 Å². The second-order valence-electron chi connectivity index (χ2n) is 6.47. The number of piperidine rings is 1. The summed E-state index contributed by atoms with van der Waals surface area (Å²) >= 11 is 0. The Morgan fingerprint density at radius 1 is 1.36 bits per heavy atom. The third kappa shape index (κ3) is 5.14. The van der Waals surface area contributed by atoms with Crippen LogP contribution in [0.2, 0.25) is 0 Å². The molecule has 0 spiro atoms. The maximum Gasteiger partial charge on any atom is 0.328 e. The molecule has 10 nitrogen and oxygen atoms in total. The van der Waals surface area contributed by atoms with E-state index >= 15 is 0 Å². The van der Waals surface area contributed by atoms with E-state index < -0.39 is 16.1 Å². The van der Waals surface area contributed by atoms with Gasteiger partial charge in [-0.1, -0.05) is 12.1 Å². The second-order valence-corrected chi connectivity index (χ2v) is 8.08. The lowest BCUT2D eigenvalue weighted by Crippen LogP contribution is -2.46. The molecule has 2 heterocycles. The molecule has 28 heavy (non-hydrogen) atoms. The molecule has 2 aromatic rings. The summed E-state index contributed by atoms with van der Waals surface area (Å²) in [6.45, 7) is 0.646. The summed E-state index contributed by atoms with van der Waals surface area (Å²) in [6, 6.07) is 6.37. The summed E-state index contributed by atoms with van der Waals surface area (Å²) in [5.74, 6) is 0.0880. The van der Waals surface area contributed by atoms with Gasteiger partial charge in [0.1, 0.15) is 12.4 Å². The average molecular weight is 406 g/mol. The van der Waals surface area contributed by atoms with Crippen LogP contribution < -0.4 is 15.4 Å². The van der Waals surface area contributed by atoms with E-state index in [9.17, 15) is 13.2 Å². The number of nitrogens with zero attached hydrogens (tertiary/aromatic N) is 4. The fourth-order valence-corrected chi connectivity index (χ4v) is 3.78. The van der Waals surface area contributed by atoms with Crippen molar-refractivity contribution in [2.45, 2.75) is 31.1 Å². The van der Waals surface area contributed by atoms with Gasteiger partial charge in [-0.15, -0.1) is 0 Å². The van der Waals surface area contributed by atoms with Crippen molar-refractivity contribution in [3.8, 4) is 0 Å². The Hall–Kier alpha value is -2.79. The van der Waals surface area contributed by atoms with Gasteiger partial charge in [-0.3, -0.25) is 0 Å². The third-order valence-corrected chi connectivity index (χ3v) is 5.08. The number of hydrogen-bond donors (Lipinski definition) is 2. The Bertz CT molecular complexity index is 952. The zero-order valence-electron chi connectivity index (χ0n) is 15.4. The van der Waals surface area contributed by atoms with Gasteiger partial charge in [0.05, 0.1) is 12.9 Å². The maximum absolute atomic E-state index is 12.1. The minimum absolute atomic E-state index is 0.264. The van der Waals surface area contributed by atoms with E-state index in [0.29, 0.717) is 30.2 Å². The van der Waals surface area contributed by atoms with Gasteiger partial charge < -0.3 is 15.0 Å². The minimum atomic E-state index is -3.62. The minimum Gasteiger partial charge on any atom is -0.467 e. The number of esters is 1. The SMILES string of the molecule is COC(=O)C1CCCCN1c1ncnc(Nc2cccc(CS(N)(=O)=O)c2)n1. The largest absolute Gasteiger partial charge is 0.467 e. The Labute approximate surface area is 163 Å². The molecule has 11 heteroatoms. The fourth-order valence-electron chi connectivity index (χ4n) is 3.14. The van der Waals surface area contributed by atoms with Crippen molar-refractivity contribution in [1.82, 2.24) is 15.0 Å². The molecule has 0 radical (unpaired) electrons. The van der Waals surface area contributed by atoms with Crippen molar-refractivity contribution in [3.05, 3.63) is 36.2 Å². The highest BCUT2D eigenvalue weighted by molar-refractivity contribution is 7.88. The molecule has 1 aromatic heterocycles. The zero-order chi connectivity index (χ0) is 20.1. The lowest BCUT2D eigenvalue weighted by molar-refractivity contribution is -0.142. The molecular weight excluding hydrogens is 384 g/mol. The molecule has 3 N–H and O–H groups in total. The maximum atomic E-state index is 12.1. The van der Waals surface area contributed by atoms with Crippen molar-refractivity contribution < 1.29 is 17.9 Å². The van der Waals surface area contributed by atoms with Crippen LogP contribution in [0.4, 0.5) is 17.6 Å². The fraction of sp³-hybridized carbons (Fsp3) is 0.412. The second kappa shape index (κ2) is 8.48. The van der Waals surface area contributed by atoms with Gasteiger partial charge in [0.2, 0.25) is 21.9 Å². The number of hydrogen-bond acceptors (Lipinski definition) is 9. The van der Waals surface area contributed by atoms with Gasteiger partial charge in [0.15, 0.2) is 0 Å². The summed E-state index contributed by atoms with van der Waals surface area (Å²) < 4.78 is 27.5. The summed E-state index contributed by atoms with van der Waals surface area (Å²) in [4.78, 5) is 26.6. The smallest absolute Gasteiger partial charge is 0.328 e. The monoisotopic (exact) mass is 406 g/mol. The number of anilines is 3. The van der Waals surface area contributed by atoms with Gasteiger partial charge in [-0.2, -0.15) is 4.98 Å². The Kier molecular flexibility index (Phi) is 6.05. The first-order valence-electron chi connectivity index (χ1n) is 8.75. The molecule has 1 aliphatic heterocycles. The van der Waals surface area contributed by atoms with E-state index in [1.54, 1.807) is 24.3 Å². The molecule has 1 unspecified atom stereocenters. The molecule has 1 saturated heterocycles. The number of nitrogens with two attached hydrogens (primary N) is 1. The number of benzene rings is 1. The normalized spacial score (nSPS) is 17.2. The molecule has 0 aliphatic carbocycles. The topological polar surface area (TPSA) is 140 Å². The highest BCUT2D eigenvalue weighted by atomic mass is 32.2. The van der Waals surface area contributed by atoms with Gasteiger partial charge in [0, 0.05) is 12.2 Å². The van der Waals surface area contributed by atoms with Crippen LogP contribution in [-0.4, -0.2) is 49.0 Å². The molecule has 1 aromatic carbocycles. The predicted octanol–water partition coefficient (Wildman–Crippen LogP) is 0.936. The van der Waals surface area contributed by atoms with Crippen molar-refractivity contribution in [1.29, 1.82) is 0 Å². The van der Waals surface area contributed by atoms with Crippen molar-refractivity contribution in [2.24, 2.45) is 5.14 Å². The molecule has 1 atom stereocenters. The predicted molar refractivity (Wildman–Crippen MR) is 103 cm³/mol. The number of methoxy groups -OCH3 is 1. The van der Waals surface area contributed by atoms with Crippen LogP contribution in [-0.2, 0) is 25.3 Å². The van der Waals surface area contributed by atoms with Crippen LogP contribution >= 0.6 is 0 Å². The number of carbonyl (C=O) groups is 1. The Balaban J connectivity index is 1.80. The van der Waals surface area contributed by atoms with Crippen LogP contribution in [0, 0.1) is 0 Å². The van der Waals surface area contributed by atoms with Gasteiger partial charge in [-0.05, 0) is 37.0 Å². The quantitative estimate of drug-likeness (QED) is 0.670. The molecule has 0 amide bonds. The molecule has 1 fully saturated rings. The first-order chi connectivity index (χ1) is 13.4. The Morgan fingerprint density at radius 2 is 2.18 bits per heavy atom. The van der Waals surface area contributed by atoms with E-state index in [0.717, 1.165) is 12.8 Å². The number of sulfonamides is 1. The van der Waals surface area contributed by atoms with Crippen molar-refractivity contribution >= 4 is 33.6 Å². The number of ether oxygens (including phenoxy) is 1. The van der Waals surface area contributed by atoms with Crippen LogP contribution in [0.25, 0.3) is 0 Å². The van der Waals surface area contributed by atoms with Gasteiger partial charge >= 0.3 is 5.97 Å². The van der Waals surface area contributed by atoms with E-state index in [2.05, 4.69) is 20.3 Å². The number of nitrogens with one attached hydrogen (secondary N) is 1. The summed E-state index contributed by atoms with van der Waals surface area (Å²) in [6.07, 6.45) is 3.90. The Morgan fingerprint density at radius 3 is 2.93 bits per heavy atom. The molecular formula is C17H22N6O4S. The highest BCUT2D eigenvalue weighted by Gasteiger charge is 2.31. The standard InChI is InChI=1S/C17H22N6O4S/c1-27-15(24)14-7-2-3-8-23(14)17-20-11-19-16(22-17)21-13-6-4-5-12(9-13)10-28(18,25)26/h4-6,9,11,14H,2-3,7-8,10H2,1H3,(H2,18,25,26)(H,19,20,21,22). The first kappa shape index (κ1) is 20.0. The van der Waals surface area contributed by atoms with E-state index in [-0.39, 0.29) is 17.7 Å². The summed E-state index contributed by atoms with van der Waals surface area (Å²) in [7, 11) is -2.26. The average Bonchev–Trinajstić information content (AvgIpc) is 2.66. The van der Waals surface area contributed by atoms with Crippen molar-refractivity contribution in [3.63, 3.8) is 0 Å². The zero-order valence-corrected chi connectivity index (χ0v) is 16.2. The van der Waals surface area contributed by atoms with Gasteiger partial charge in [-0.25, -0.2) is 28.3 Å². The lowest BCUT2D eigenvalue weighted by Gasteiger charge is -2.33. The van der Waals surface area contributed by atoms with Crippen LogP contribution in [0.3, 0.4) is 0 Å². The molecule has 150 valence electrons. The van der Waals surface area contributed by atoms with E-state index in [1.165, 1.54) is 13.4 Å². The number of primary sulfonamides is 1. The van der Waals surface area contributed by atoms with Crippen molar-refractivity contribution in [2.75, 3.05) is 23.9 Å². The number of aromatic nitrogens is 3. The van der Waals surface area contributed by atoms with Crippen LogP contribution in [0.1, 0.15) is 24.8 Å². The molecule has 3 rings (SSSR count). The van der Waals surface area contributed by atoms with E-state index in [4.69, 9.17) is 9.88 Å². The lowest BCUT2D eigenvalue weighted by atomic mass is 10.0. The third-order valence-electron chi connectivity index (χ3n) is 4.34. The number of rotatable bonds is 6. The van der Waals surface area contributed by atoms with Crippen LogP contribution in [0.5, 0.6) is 0 Å². The highest BCUT2D eigenvalue weighted by Crippen LogP contribution is 2.24. The van der Waals surface area contributed by atoms with Crippen LogP contribution in [0.15, 0.2) is 30.6 Å². The first-order valence-corrected chi connectivity index (χ1v) is 10.5. The molecule has 1 aliphatic rings. The number of carbonyl (C=O) groups excluding carboxylic acids is 1. The van der Waals surface area contributed by atoms with E-state index in [1.807, 2.05) is 4.90 Å².